The van der Waals surface area contributed by atoms with E-state index < -0.39 is 0 Å². The van der Waals surface area contributed by atoms with Gasteiger partial charge in [-0.25, -0.2) is 0 Å². The average molecular weight is 441 g/mol. The van der Waals surface area contributed by atoms with E-state index in [1.807, 2.05) is 18.2 Å². The molecule has 3 N–H and O–H groups in total. The Balaban J connectivity index is 1.35. The summed E-state index contributed by atoms with van der Waals surface area (Å²) in [4.78, 5) is 5.18. The summed E-state index contributed by atoms with van der Waals surface area (Å²) in [5.41, 5.74) is 2.38. The van der Waals surface area contributed by atoms with E-state index in [1.165, 1.54) is 50.8 Å². The highest BCUT2D eigenvalue weighted by atomic mass is 16.3. The monoisotopic (exact) mass is 440 g/mol. The summed E-state index contributed by atoms with van der Waals surface area (Å²) in [6.45, 7) is 7.83. The number of likely N-dealkylation sites (tertiary alicyclic amines) is 1. The molecule has 2 aromatic rings. The molecular formula is C27H40N2O3. The fourth-order valence-corrected chi connectivity index (χ4v) is 4.82. The fraction of sp³-hybridized carbons (Fsp3) is 0.556. The molecule has 0 unspecified atom stereocenters. The van der Waals surface area contributed by atoms with Crippen molar-refractivity contribution in [3.05, 3.63) is 53.6 Å². The molecule has 1 fully saturated rings. The Morgan fingerprint density at radius 2 is 1.66 bits per heavy atom. The number of benzene rings is 2. The minimum Gasteiger partial charge on any atom is -0.508 e. The largest absolute Gasteiger partial charge is 0.508 e. The second-order valence-electron chi connectivity index (χ2n) is 9.18. The third-order valence-corrected chi connectivity index (χ3v) is 6.62. The summed E-state index contributed by atoms with van der Waals surface area (Å²) in [6.07, 6.45) is 9.40. The van der Waals surface area contributed by atoms with Gasteiger partial charge in [0, 0.05) is 12.6 Å². The molecule has 176 valence electrons. The van der Waals surface area contributed by atoms with Crippen LogP contribution < -0.4 is 0 Å². The van der Waals surface area contributed by atoms with E-state index in [0.717, 1.165) is 44.5 Å². The highest BCUT2D eigenvalue weighted by Crippen LogP contribution is 2.25. The van der Waals surface area contributed by atoms with Gasteiger partial charge in [0.25, 0.3) is 0 Å². The molecule has 1 saturated heterocycles. The van der Waals surface area contributed by atoms with Crippen molar-refractivity contribution in [3.63, 3.8) is 0 Å². The van der Waals surface area contributed by atoms with Crippen LogP contribution in [0.15, 0.2) is 42.5 Å². The first kappa shape index (κ1) is 24.4. The van der Waals surface area contributed by atoms with E-state index in [1.54, 1.807) is 24.3 Å². The first-order chi connectivity index (χ1) is 15.5. The molecule has 0 radical (unpaired) electrons. The summed E-state index contributed by atoms with van der Waals surface area (Å²) in [5, 5.41) is 28.7. The lowest BCUT2D eigenvalue weighted by atomic mass is 10.0. The van der Waals surface area contributed by atoms with E-state index >= 15 is 0 Å². The molecule has 5 heteroatoms. The van der Waals surface area contributed by atoms with Crippen LogP contribution in [0.5, 0.6) is 17.2 Å². The maximum atomic E-state index is 9.69. The first-order valence-electron chi connectivity index (χ1n) is 12.3. The van der Waals surface area contributed by atoms with Gasteiger partial charge >= 0.3 is 0 Å². The molecule has 0 aliphatic carbocycles. The summed E-state index contributed by atoms with van der Waals surface area (Å²) in [5.74, 6) is 0.257. The number of nitrogens with zero attached hydrogens (tertiary/aromatic N) is 2. The first-order valence-corrected chi connectivity index (χ1v) is 12.3. The van der Waals surface area contributed by atoms with E-state index in [9.17, 15) is 15.3 Å². The predicted molar refractivity (Wildman–Crippen MR) is 130 cm³/mol. The van der Waals surface area contributed by atoms with Crippen LogP contribution in [0.4, 0.5) is 0 Å². The third-order valence-electron chi connectivity index (χ3n) is 6.62. The molecule has 1 aliphatic heterocycles. The van der Waals surface area contributed by atoms with Crippen molar-refractivity contribution in [1.29, 1.82) is 0 Å². The SMILES string of the molecule is CCCN(CCCCCN1CCC[C@@H]1Cc1ccc(O)cc1)CCc1ccc(O)c(O)c1. The number of phenolic OH excluding ortho intramolecular Hbond substituents is 3. The molecule has 0 aromatic heterocycles. The van der Waals surface area contributed by atoms with Crippen LogP contribution in [-0.2, 0) is 12.8 Å². The molecule has 0 saturated carbocycles. The van der Waals surface area contributed by atoms with Gasteiger partial charge in [0.1, 0.15) is 5.75 Å². The molecular weight excluding hydrogens is 400 g/mol. The minimum atomic E-state index is -0.0533. The van der Waals surface area contributed by atoms with Crippen molar-refractivity contribution in [1.82, 2.24) is 9.80 Å². The zero-order valence-electron chi connectivity index (χ0n) is 19.5. The van der Waals surface area contributed by atoms with Crippen LogP contribution in [0.25, 0.3) is 0 Å². The number of hydrogen-bond donors (Lipinski definition) is 3. The number of aromatic hydroxyl groups is 3. The van der Waals surface area contributed by atoms with Crippen LogP contribution in [0.3, 0.4) is 0 Å². The van der Waals surface area contributed by atoms with E-state index in [2.05, 4.69) is 16.7 Å². The lowest BCUT2D eigenvalue weighted by Crippen LogP contribution is -2.32. The second kappa shape index (κ2) is 12.7. The van der Waals surface area contributed by atoms with Crippen LogP contribution in [-0.4, -0.2) is 63.9 Å². The number of phenols is 3. The Bertz CT molecular complexity index is 809. The topological polar surface area (TPSA) is 67.2 Å². The molecule has 0 spiro atoms. The summed E-state index contributed by atoms with van der Waals surface area (Å²) in [6, 6.07) is 13.5. The van der Waals surface area contributed by atoms with Crippen molar-refractivity contribution in [3.8, 4) is 17.2 Å². The summed E-state index contributed by atoms with van der Waals surface area (Å²) >= 11 is 0. The molecule has 1 atom stereocenters. The summed E-state index contributed by atoms with van der Waals surface area (Å²) in [7, 11) is 0. The smallest absolute Gasteiger partial charge is 0.157 e. The molecule has 1 aliphatic rings. The lowest BCUT2D eigenvalue weighted by molar-refractivity contribution is 0.238. The van der Waals surface area contributed by atoms with Gasteiger partial charge in [0.05, 0.1) is 0 Å². The molecule has 1 heterocycles. The molecule has 32 heavy (non-hydrogen) atoms. The molecule has 0 amide bonds. The Morgan fingerprint density at radius 3 is 2.41 bits per heavy atom. The van der Waals surface area contributed by atoms with Gasteiger partial charge in [-0.2, -0.15) is 0 Å². The van der Waals surface area contributed by atoms with E-state index in [4.69, 9.17) is 0 Å². The van der Waals surface area contributed by atoms with Crippen molar-refractivity contribution < 1.29 is 15.3 Å². The molecule has 0 bridgehead atoms. The quantitative estimate of drug-likeness (QED) is 0.304. The van der Waals surface area contributed by atoms with E-state index in [0.29, 0.717) is 11.8 Å². The number of hydrogen-bond acceptors (Lipinski definition) is 5. The number of rotatable bonds is 13. The zero-order valence-corrected chi connectivity index (χ0v) is 19.5. The minimum absolute atomic E-state index is 0.0323. The highest BCUT2D eigenvalue weighted by Gasteiger charge is 2.23. The van der Waals surface area contributed by atoms with Crippen molar-refractivity contribution in [2.75, 3.05) is 32.7 Å². The van der Waals surface area contributed by atoms with Gasteiger partial charge in [-0.3, -0.25) is 0 Å². The molecule has 3 rings (SSSR count). The van der Waals surface area contributed by atoms with E-state index in [-0.39, 0.29) is 11.5 Å². The summed E-state index contributed by atoms with van der Waals surface area (Å²) < 4.78 is 0. The van der Waals surface area contributed by atoms with Gasteiger partial charge in [-0.05, 0) is 107 Å². The van der Waals surface area contributed by atoms with Gasteiger partial charge in [0.2, 0.25) is 0 Å². The van der Waals surface area contributed by atoms with Gasteiger partial charge in [0.15, 0.2) is 11.5 Å². The van der Waals surface area contributed by atoms with Crippen LogP contribution in [0.2, 0.25) is 0 Å². The van der Waals surface area contributed by atoms with Crippen LogP contribution in [0, 0.1) is 0 Å². The van der Waals surface area contributed by atoms with Crippen LogP contribution >= 0.6 is 0 Å². The fourth-order valence-electron chi connectivity index (χ4n) is 4.82. The third kappa shape index (κ3) is 7.72. The second-order valence-corrected chi connectivity index (χ2v) is 9.18. The maximum Gasteiger partial charge on any atom is 0.157 e. The zero-order chi connectivity index (χ0) is 22.8. The number of unbranched alkanes of at least 4 members (excludes halogenated alkanes) is 2. The Labute approximate surface area is 193 Å². The average Bonchev–Trinajstić information content (AvgIpc) is 3.22. The molecule has 5 nitrogen and oxygen atoms in total. The van der Waals surface area contributed by atoms with Crippen LogP contribution in [0.1, 0.15) is 56.6 Å². The van der Waals surface area contributed by atoms with Gasteiger partial charge in [-0.15, -0.1) is 0 Å². The maximum absolute atomic E-state index is 9.69. The Morgan fingerprint density at radius 1 is 0.875 bits per heavy atom. The molecule has 2 aromatic carbocycles. The predicted octanol–water partition coefficient (Wildman–Crippen LogP) is 4.94. The Kier molecular flexibility index (Phi) is 9.69. The van der Waals surface area contributed by atoms with Gasteiger partial charge < -0.3 is 25.1 Å². The highest BCUT2D eigenvalue weighted by molar-refractivity contribution is 5.40. The van der Waals surface area contributed by atoms with Crippen molar-refractivity contribution in [2.24, 2.45) is 0 Å². The standard InChI is InChI=1S/C27H40N2O3/c1-2-15-28(19-14-23-10-13-26(31)27(32)21-23)16-4-3-5-17-29-18-6-7-24(29)20-22-8-11-25(30)12-9-22/h8-13,21,24,30-32H,2-7,14-20H2,1H3/t24-/m1/s1. The van der Waals surface area contributed by atoms with Gasteiger partial charge in [-0.1, -0.05) is 31.5 Å². The van der Waals surface area contributed by atoms with Crippen molar-refractivity contribution >= 4 is 0 Å². The Hall–Kier alpha value is -2.24. The normalized spacial score (nSPS) is 16.8. The van der Waals surface area contributed by atoms with Crippen molar-refractivity contribution in [2.45, 2.75) is 64.3 Å². The lowest BCUT2D eigenvalue weighted by Gasteiger charge is -2.25.